The van der Waals surface area contributed by atoms with Gasteiger partial charge in [0.05, 0.1) is 0 Å². The third-order valence-corrected chi connectivity index (χ3v) is 1.70. The SMILES string of the molecule is CCc1cc[c]c(Br)c1. The first-order valence-corrected chi connectivity index (χ1v) is 3.78. The normalized spacial score (nSPS) is 9.56. The van der Waals surface area contributed by atoms with Crippen LogP contribution in [-0.2, 0) is 6.42 Å². The summed E-state index contributed by atoms with van der Waals surface area (Å²) in [6.45, 7) is 2.14. The van der Waals surface area contributed by atoms with Gasteiger partial charge in [-0.25, -0.2) is 0 Å². The largest absolute Gasteiger partial charge is 0.0613 e. The molecule has 0 aromatic heterocycles. The molecule has 0 fully saturated rings. The minimum absolute atomic E-state index is 1.04. The summed E-state index contributed by atoms with van der Waals surface area (Å²) in [5.74, 6) is 0. The summed E-state index contributed by atoms with van der Waals surface area (Å²) >= 11 is 3.35. The fraction of sp³-hybridized carbons (Fsp3) is 0.250. The number of aryl methyl sites for hydroxylation is 1. The highest BCUT2D eigenvalue weighted by molar-refractivity contribution is 9.10. The maximum absolute atomic E-state index is 3.35. The highest BCUT2D eigenvalue weighted by atomic mass is 79.9. The zero-order chi connectivity index (χ0) is 6.69. The van der Waals surface area contributed by atoms with Gasteiger partial charge in [0.25, 0.3) is 0 Å². The van der Waals surface area contributed by atoms with E-state index in [1.165, 1.54) is 5.56 Å². The average Bonchev–Trinajstić information content (AvgIpc) is 1.88. The summed E-state index contributed by atoms with van der Waals surface area (Å²) < 4.78 is 1.04. The molecule has 0 saturated heterocycles. The molecule has 0 aliphatic heterocycles. The van der Waals surface area contributed by atoms with E-state index in [9.17, 15) is 0 Å². The molecule has 47 valence electrons. The lowest BCUT2D eigenvalue weighted by Gasteiger charge is -1.93. The molecule has 1 radical (unpaired) electrons. The Labute approximate surface area is 64.0 Å². The highest BCUT2D eigenvalue weighted by Crippen LogP contribution is 2.10. The molecule has 9 heavy (non-hydrogen) atoms. The van der Waals surface area contributed by atoms with Crippen LogP contribution in [0, 0.1) is 6.07 Å². The van der Waals surface area contributed by atoms with Crippen molar-refractivity contribution in [3.63, 3.8) is 0 Å². The van der Waals surface area contributed by atoms with Crippen molar-refractivity contribution >= 4 is 15.9 Å². The third kappa shape index (κ3) is 1.83. The van der Waals surface area contributed by atoms with Crippen LogP contribution in [0.25, 0.3) is 0 Å². The number of halogens is 1. The molecule has 0 amide bonds. The topological polar surface area (TPSA) is 0 Å². The van der Waals surface area contributed by atoms with Gasteiger partial charge < -0.3 is 0 Å². The first-order chi connectivity index (χ1) is 4.33. The minimum atomic E-state index is 1.04. The van der Waals surface area contributed by atoms with E-state index >= 15 is 0 Å². The second-order valence-corrected chi connectivity index (χ2v) is 2.75. The van der Waals surface area contributed by atoms with Crippen molar-refractivity contribution in [2.45, 2.75) is 13.3 Å². The van der Waals surface area contributed by atoms with Crippen LogP contribution in [0.1, 0.15) is 12.5 Å². The summed E-state index contributed by atoms with van der Waals surface area (Å²) in [7, 11) is 0. The van der Waals surface area contributed by atoms with Crippen molar-refractivity contribution < 1.29 is 0 Å². The Morgan fingerprint density at radius 3 is 2.89 bits per heavy atom. The fourth-order valence-corrected chi connectivity index (χ4v) is 1.13. The van der Waals surface area contributed by atoms with Crippen LogP contribution in [0.5, 0.6) is 0 Å². The molecule has 0 nitrogen and oxygen atoms in total. The number of benzene rings is 1. The molecule has 0 unspecified atom stereocenters. The van der Waals surface area contributed by atoms with Gasteiger partial charge in [0.15, 0.2) is 0 Å². The second kappa shape index (κ2) is 3.02. The standard InChI is InChI=1S/C8H8Br/c1-2-7-4-3-5-8(9)6-7/h3-4,6H,2H2,1H3. The van der Waals surface area contributed by atoms with Crippen LogP contribution in [0.4, 0.5) is 0 Å². The van der Waals surface area contributed by atoms with Crippen LogP contribution >= 0.6 is 15.9 Å². The molecule has 0 saturated carbocycles. The predicted octanol–water partition coefficient (Wildman–Crippen LogP) is 2.81. The van der Waals surface area contributed by atoms with Crippen LogP contribution < -0.4 is 0 Å². The lowest BCUT2D eigenvalue weighted by molar-refractivity contribution is 1.14. The third-order valence-electron chi connectivity index (χ3n) is 1.24. The number of rotatable bonds is 1. The zero-order valence-corrected chi connectivity index (χ0v) is 6.90. The van der Waals surface area contributed by atoms with Crippen molar-refractivity contribution in [3.8, 4) is 0 Å². The number of hydrogen-bond donors (Lipinski definition) is 0. The quantitative estimate of drug-likeness (QED) is 0.629. The summed E-state index contributed by atoms with van der Waals surface area (Å²) in [6.07, 6.45) is 1.09. The van der Waals surface area contributed by atoms with Crippen molar-refractivity contribution in [2.75, 3.05) is 0 Å². The average molecular weight is 184 g/mol. The van der Waals surface area contributed by atoms with E-state index in [0.29, 0.717) is 0 Å². The fourth-order valence-electron chi connectivity index (χ4n) is 0.701. The van der Waals surface area contributed by atoms with Gasteiger partial charge in [-0.05, 0) is 24.1 Å². The molecular weight excluding hydrogens is 176 g/mol. The molecule has 1 aromatic carbocycles. The molecular formula is C8H8Br. The van der Waals surface area contributed by atoms with Crippen molar-refractivity contribution in [1.29, 1.82) is 0 Å². The van der Waals surface area contributed by atoms with E-state index in [-0.39, 0.29) is 0 Å². The van der Waals surface area contributed by atoms with Gasteiger partial charge >= 0.3 is 0 Å². The summed E-state index contributed by atoms with van der Waals surface area (Å²) in [5.41, 5.74) is 1.35. The summed E-state index contributed by atoms with van der Waals surface area (Å²) in [6, 6.07) is 9.11. The maximum atomic E-state index is 3.35. The Morgan fingerprint density at radius 2 is 2.44 bits per heavy atom. The molecule has 0 aliphatic carbocycles. The molecule has 0 heterocycles. The van der Waals surface area contributed by atoms with E-state index in [1.807, 2.05) is 6.07 Å². The van der Waals surface area contributed by atoms with E-state index in [1.54, 1.807) is 0 Å². The van der Waals surface area contributed by atoms with Crippen LogP contribution in [-0.4, -0.2) is 0 Å². The summed E-state index contributed by atoms with van der Waals surface area (Å²) in [4.78, 5) is 0. The monoisotopic (exact) mass is 183 g/mol. The van der Waals surface area contributed by atoms with Crippen LogP contribution in [0.15, 0.2) is 22.7 Å². The Bertz CT molecular complexity index is 194. The van der Waals surface area contributed by atoms with E-state index < -0.39 is 0 Å². The first kappa shape index (κ1) is 6.81. The molecule has 1 rings (SSSR count). The highest BCUT2D eigenvalue weighted by Gasteiger charge is 1.87. The van der Waals surface area contributed by atoms with Crippen LogP contribution in [0.3, 0.4) is 0 Å². The molecule has 1 aromatic rings. The Morgan fingerprint density at radius 1 is 1.67 bits per heavy atom. The smallest absolute Gasteiger partial charge is 0.0256 e. The van der Waals surface area contributed by atoms with Crippen molar-refractivity contribution in [3.05, 3.63) is 34.3 Å². The molecule has 0 atom stereocenters. The zero-order valence-electron chi connectivity index (χ0n) is 5.32. The molecule has 1 heteroatoms. The predicted molar refractivity (Wildman–Crippen MR) is 42.4 cm³/mol. The minimum Gasteiger partial charge on any atom is -0.0613 e. The Balaban J connectivity index is 2.94. The number of hydrogen-bond acceptors (Lipinski definition) is 0. The van der Waals surface area contributed by atoms with Gasteiger partial charge in [0.2, 0.25) is 0 Å². The first-order valence-electron chi connectivity index (χ1n) is 2.99. The summed E-state index contributed by atoms with van der Waals surface area (Å²) in [5, 5.41) is 0. The van der Waals surface area contributed by atoms with Crippen molar-refractivity contribution in [1.82, 2.24) is 0 Å². The Kier molecular flexibility index (Phi) is 2.29. The molecule has 0 spiro atoms. The lowest BCUT2D eigenvalue weighted by Crippen LogP contribution is -1.76. The lowest BCUT2D eigenvalue weighted by atomic mass is 10.2. The molecule has 0 bridgehead atoms. The molecule has 0 N–H and O–H groups in total. The Hall–Kier alpha value is -0.300. The van der Waals surface area contributed by atoms with Gasteiger partial charge in [-0.3, -0.25) is 0 Å². The van der Waals surface area contributed by atoms with Gasteiger partial charge in [-0.1, -0.05) is 35.0 Å². The maximum Gasteiger partial charge on any atom is 0.0256 e. The molecule has 0 aliphatic rings. The van der Waals surface area contributed by atoms with Gasteiger partial charge in [-0.15, -0.1) is 0 Å². The second-order valence-electron chi connectivity index (χ2n) is 1.90. The van der Waals surface area contributed by atoms with E-state index in [0.717, 1.165) is 10.9 Å². The van der Waals surface area contributed by atoms with E-state index in [2.05, 4.69) is 41.1 Å². The van der Waals surface area contributed by atoms with Crippen LogP contribution in [0.2, 0.25) is 0 Å². The van der Waals surface area contributed by atoms with E-state index in [4.69, 9.17) is 0 Å². The van der Waals surface area contributed by atoms with Gasteiger partial charge in [0.1, 0.15) is 0 Å². The van der Waals surface area contributed by atoms with Gasteiger partial charge in [0, 0.05) is 4.47 Å². The van der Waals surface area contributed by atoms with Crippen molar-refractivity contribution in [2.24, 2.45) is 0 Å². The van der Waals surface area contributed by atoms with Gasteiger partial charge in [-0.2, -0.15) is 0 Å².